The lowest BCUT2D eigenvalue weighted by molar-refractivity contribution is 0.527. The van der Waals surface area contributed by atoms with Crippen molar-refractivity contribution in [1.82, 2.24) is 10.3 Å². The highest BCUT2D eigenvalue weighted by Gasteiger charge is 2.04. The van der Waals surface area contributed by atoms with Gasteiger partial charge in [0, 0.05) is 13.6 Å². The molecule has 4 heteroatoms. The molecule has 0 bridgehead atoms. The van der Waals surface area contributed by atoms with Crippen LogP contribution in [0.15, 0.2) is 47.6 Å². The number of hydrogen-bond acceptors (Lipinski definition) is 2. The molecular formula is C18H23N3S. The molecule has 0 amide bonds. The Balaban J connectivity index is 2.10. The highest BCUT2D eigenvalue weighted by Crippen LogP contribution is 2.16. The minimum Gasteiger partial charge on any atom is -0.361 e. The minimum absolute atomic E-state index is 0.661. The second kappa shape index (κ2) is 7.90. The topological polar surface area (TPSA) is 27.6 Å². The second-order valence-electron chi connectivity index (χ2n) is 5.36. The van der Waals surface area contributed by atoms with Crippen LogP contribution < -0.4 is 5.32 Å². The summed E-state index contributed by atoms with van der Waals surface area (Å²) in [6.45, 7) is 5.07. The number of thiocarbonyl (C=S) groups is 1. The highest BCUT2D eigenvalue weighted by molar-refractivity contribution is 7.80. The predicted octanol–water partition coefficient (Wildman–Crippen LogP) is 4.17. The molecule has 0 aromatic heterocycles. The largest absolute Gasteiger partial charge is 0.361 e. The SMILES string of the molecule is CCCCNC(=S)N(C)N=C(C)c1ccc2ccccc2c1. The fraction of sp³-hybridized carbons (Fsp3) is 0.333. The number of nitrogens with zero attached hydrogens (tertiary/aromatic N) is 2. The number of unbranched alkanes of at least 4 members (excludes halogenated alkanes) is 1. The zero-order valence-corrected chi connectivity index (χ0v) is 14.3. The van der Waals surface area contributed by atoms with E-state index in [0.717, 1.165) is 30.7 Å². The van der Waals surface area contributed by atoms with Crippen molar-refractivity contribution in [3.8, 4) is 0 Å². The van der Waals surface area contributed by atoms with Gasteiger partial charge in [-0.1, -0.05) is 49.7 Å². The van der Waals surface area contributed by atoms with E-state index in [9.17, 15) is 0 Å². The molecule has 0 aliphatic rings. The number of benzene rings is 2. The van der Waals surface area contributed by atoms with Gasteiger partial charge in [0.15, 0.2) is 5.11 Å². The third-order valence-corrected chi connectivity index (χ3v) is 3.98. The van der Waals surface area contributed by atoms with Crippen LogP contribution in [0, 0.1) is 0 Å². The molecule has 0 aliphatic carbocycles. The Morgan fingerprint density at radius 1 is 1.18 bits per heavy atom. The molecule has 0 spiro atoms. The summed E-state index contributed by atoms with van der Waals surface area (Å²) >= 11 is 5.34. The normalized spacial score (nSPS) is 11.5. The highest BCUT2D eigenvalue weighted by atomic mass is 32.1. The van der Waals surface area contributed by atoms with E-state index in [0.29, 0.717) is 5.11 Å². The molecule has 2 aromatic rings. The van der Waals surface area contributed by atoms with E-state index in [2.05, 4.69) is 59.8 Å². The molecule has 1 N–H and O–H groups in total. The number of hydrogen-bond donors (Lipinski definition) is 1. The zero-order valence-electron chi connectivity index (χ0n) is 13.5. The van der Waals surface area contributed by atoms with E-state index in [1.54, 1.807) is 5.01 Å². The van der Waals surface area contributed by atoms with Crippen molar-refractivity contribution in [2.75, 3.05) is 13.6 Å². The van der Waals surface area contributed by atoms with Crippen molar-refractivity contribution in [3.05, 3.63) is 48.0 Å². The van der Waals surface area contributed by atoms with Crippen LogP contribution in [-0.4, -0.2) is 29.4 Å². The Hall–Kier alpha value is -1.94. The van der Waals surface area contributed by atoms with E-state index in [4.69, 9.17) is 12.2 Å². The maximum atomic E-state index is 5.34. The summed E-state index contributed by atoms with van der Waals surface area (Å²) in [4.78, 5) is 0. The van der Waals surface area contributed by atoms with Crippen LogP contribution in [-0.2, 0) is 0 Å². The van der Waals surface area contributed by atoms with Crippen molar-refractivity contribution in [2.45, 2.75) is 26.7 Å². The Morgan fingerprint density at radius 2 is 1.91 bits per heavy atom. The Morgan fingerprint density at radius 3 is 2.64 bits per heavy atom. The first-order valence-corrected chi connectivity index (χ1v) is 8.08. The average Bonchev–Trinajstić information content (AvgIpc) is 2.54. The molecule has 0 radical (unpaired) electrons. The van der Waals surface area contributed by atoms with Crippen LogP contribution in [0.25, 0.3) is 10.8 Å². The van der Waals surface area contributed by atoms with Crippen molar-refractivity contribution in [1.29, 1.82) is 0 Å². The molecule has 116 valence electrons. The lowest BCUT2D eigenvalue weighted by Gasteiger charge is -2.17. The maximum Gasteiger partial charge on any atom is 0.189 e. The number of nitrogens with one attached hydrogen (secondary N) is 1. The molecule has 0 fully saturated rings. The lowest BCUT2D eigenvalue weighted by Crippen LogP contribution is -2.34. The van der Waals surface area contributed by atoms with Crippen LogP contribution in [0.4, 0.5) is 0 Å². The number of fused-ring (bicyclic) bond motifs is 1. The first kappa shape index (κ1) is 16.4. The predicted molar refractivity (Wildman–Crippen MR) is 99.4 cm³/mol. The summed E-state index contributed by atoms with van der Waals surface area (Å²) in [6.07, 6.45) is 2.26. The van der Waals surface area contributed by atoms with Crippen LogP contribution in [0.5, 0.6) is 0 Å². The third kappa shape index (κ3) is 4.28. The molecule has 22 heavy (non-hydrogen) atoms. The zero-order chi connectivity index (χ0) is 15.9. The molecule has 0 atom stereocenters. The summed E-state index contributed by atoms with van der Waals surface area (Å²) in [7, 11) is 1.88. The van der Waals surface area contributed by atoms with Crippen LogP contribution in [0.1, 0.15) is 32.3 Å². The fourth-order valence-electron chi connectivity index (χ4n) is 2.23. The van der Waals surface area contributed by atoms with E-state index in [1.807, 2.05) is 14.0 Å². The van der Waals surface area contributed by atoms with Crippen molar-refractivity contribution < 1.29 is 0 Å². The number of hydrazone groups is 1. The standard InChI is InChI=1S/C18H23N3S/c1-4-5-12-19-18(22)21(3)20-14(2)16-11-10-15-8-6-7-9-17(15)13-16/h6-11,13H,4-5,12H2,1-3H3,(H,19,22). The van der Waals surface area contributed by atoms with E-state index >= 15 is 0 Å². The smallest absolute Gasteiger partial charge is 0.189 e. The monoisotopic (exact) mass is 313 g/mol. The van der Waals surface area contributed by atoms with Crippen LogP contribution in [0.2, 0.25) is 0 Å². The quantitative estimate of drug-likeness (QED) is 0.388. The fourth-order valence-corrected chi connectivity index (χ4v) is 2.37. The van der Waals surface area contributed by atoms with Gasteiger partial charge in [0.2, 0.25) is 0 Å². The molecule has 2 aromatic carbocycles. The van der Waals surface area contributed by atoms with Gasteiger partial charge in [0.25, 0.3) is 0 Å². The van der Waals surface area contributed by atoms with E-state index in [-0.39, 0.29) is 0 Å². The van der Waals surface area contributed by atoms with Crippen LogP contribution >= 0.6 is 12.2 Å². The molecule has 0 saturated heterocycles. The average molecular weight is 313 g/mol. The molecule has 2 rings (SSSR count). The summed E-state index contributed by atoms with van der Waals surface area (Å²) in [5.41, 5.74) is 2.06. The summed E-state index contributed by atoms with van der Waals surface area (Å²) < 4.78 is 0. The maximum absolute atomic E-state index is 5.34. The van der Waals surface area contributed by atoms with Gasteiger partial charge in [-0.25, -0.2) is 5.01 Å². The molecule has 0 saturated carbocycles. The van der Waals surface area contributed by atoms with Gasteiger partial charge in [-0.3, -0.25) is 0 Å². The van der Waals surface area contributed by atoms with E-state index in [1.165, 1.54) is 10.8 Å². The molecular weight excluding hydrogens is 290 g/mol. The van der Waals surface area contributed by atoms with Crippen molar-refractivity contribution in [3.63, 3.8) is 0 Å². The Labute approximate surface area is 138 Å². The summed E-state index contributed by atoms with van der Waals surface area (Å²) in [5.74, 6) is 0. The second-order valence-corrected chi connectivity index (χ2v) is 5.74. The molecule has 0 aliphatic heterocycles. The van der Waals surface area contributed by atoms with Gasteiger partial charge < -0.3 is 5.32 Å². The summed E-state index contributed by atoms with van der Waals surface area (Å²) in [5, 5.41) is 12.7. The van der Waals surface area contributed by atoms with Crippen LogP contribution in [0.3, 0.4) is 0 Å². The van der Waals surface area contributed by atoms with Crippen molar-refractivity contribution in [2.24, 2.45) is 5.10 Å². The van der Waals surface area contributed by atoms with Gasteiger partial charge in [-0.15, -0.1) is 0 Å². The van der Waals surface area contributed by atoms with Gasteiger partial charge in [0.05, 0.1) is 5.71 Å². The minimum atomic E-state index is 0.661. The van der Waals surface area contributed by atoms with Gasteiger partial charge >= 0.3 is 0 Å². The Kier molecular flexibility index (Phi) is 5.90. The molecule has 3 nitrogen and oxygen atoms in total. The summed E-state index contributed by atoms with van der Waals surface area (Å²) in [6, 6.07) is 14.7. The first-order chi connectivity index (χ1) is 10.6. The van der Waals surface area contributed by atoms with Gasteiger partial charge in [-0.2, -0.15) is 5.10 Å². The van der Waals surface area contributed by atoms with Crippen molar-refractivity contribution >= 4 is 33.8 Å². The molecule has 0 unspecified atom stereocenters. The molecule has 0 heterocycles. The van der Waals surface area contributed by atoms with Gasteiger partial charge in [-0.05, 0) is 48.0 Å². The van der Waals surface area contributed by atoms with E-state index < -0.39 is 0 Å². The Bertz CT molecular complexity index is 679. The lowest BCUT2D eigenvalue weighted by atomic mass is 10.0. The van der Waals surface area contributed by atoms with Gasteiger partial charge in [0.1, 0.15) is 0 Å². The third-order valence-electron chi connectivity index (χ3n) is 3.57. The number of rotatable bonds is 5. The first-order valence-electron chi connectivity index (χ1n) is 7.67.